The zero-order valence-corrected chi connectivity index (χ0v) is 12.0. The number of carbonyl (C=O) groups is 1. The van der Waals surface area contributed by atoms with E-state index in [0.29, 0.717) is 11.4 Å². The molecule has 0 bridgehead atoms. The van der Waals surface area contributed by atoms with Crippen molar-refractivity contribution in [1.82, 2.24) is 4.98 Å². The molecule has 1 aromatic carbocycles. The van der Waals surface area contributed by atoms with E-state index in [1.54, 1.807) is 0 Å². The van der Waals surface area contributed by atoms with Crippen molar-refractivity contribution in [2.24, 2.45) is 0 Å². The number of benzene rings is 1. The molecule has 0 saturated carbocycles. The molecule has 0 saturated heterocycles. The van der Waals surface area contributed by atoms with Gasteiger partial charge in [-0.3, -0.25) is 4.79 Å². The van der Waals surface area contributed by atoms with Crippen molar-refractivity contribution in [3.63, 3.8) is 0 Å². The number of nitrogens with two attached hydrogens (primary N) is 1. The van der Waals surface area contributed by atoms with Gasteiger partial charge in [0.2, 0.25) is 0 Å². The van der Waals surface area contributed by atoms with E-state index in [2.05, 4.69) is 10.3 Å². The van der Waals surface area contributed by atoms with Crippen LogP contribution in [-0.2, 0) is 0 Å². The fourth-order valence-electron chi connectivity index (χ4n) is 1.78. The number of aromatic nitrogens is 1. The van der Waals surface area contributed by atoms with Gasteiger partial charge >= 0.3 is 0 Å². The molecule has 0 aliphatic heterocycles. The Hall–Kier alpha value is -2.27. The number of hydrogen-bond acceptors (Lipinski definition) is 4. The number of amides is 1. The molecule has 0 spiro atoms. The fraction of sp³-hybridized carbons (Fsp3) is 0.143. The number of hydrogen-bond donors (Lipinski definition) is 2. The Kier molecular flexibility index (Phi) is 4.10. The van der Waals surface area contributed by atoms with Crippen LogP contribution in [0.15, 0.2) is 36.5 Å². The topological polar surface area (TPSA) is 71.2 Å². The van der Waals surface area contributed by atoms with Crippen molar-refractivity contribution < 1.29 is 4.79 Å². The molecule has 0 unspecified atom stereocenters. The van der Waals surface area contributed by atoms with Crippen molar-refractivity contribution in [3.05, 3.63) is 47.2 Å². The first-order valence-electron chi connectivity index (χ1n) is 5.97. The summed E-state index contributed by atoms with van der Waals surface area (Å²) in [6, 6.07) is 8.99. The number of anilines is 3. The first-order chi connectivity index (χ1) is 9.49. The van der Waals surface area contributed by atoms with Crippen LogP contribution in [0, 0.1) is 0 Å². The highest BCUT2D eigenvalue weighted by molar-refractivity contribution is 6.33. The number of pyridine rings is 1. The molecule has 1 amide bonds. The number of rotatable bonds is 3. The van der Waals surface area contributed by atoms with Gasteiger partial charge in [-0.2, -0.15) is 0 Å². The van der Waals surface area contributed by atoms with Crippen LogP contribution in [0.2, 0.25) is 5.15 Å². The first kappa shape index (κ1) is 14.1. The van der Waals surface area contributed by atoms with Gasteiger partial charge in [-0.1, -0.05) is 23.7 Å². The second-order valence-corrected chi connectivity index (χ2v) is 4.83. The van der Waals surface area contributed by atoms with Gasteiger partial charge < -0.3 is 16.0 Å². The van der Waals surface area contributed by atoms with E-state index in [9.17, 15) is 4.79 Å². The van der Waals surface area contributed by atoms with E-state index in [4.69, 9.17) is 17.3 Å². The molecule has 0 aliphatic carbocycles. The second kappa shape index (κ2) is 5.79. The average Bonchev–Trinajstić information content (AvgIpc) is 2.41. The number of nitrogen functional groups attached to an aromatic ring is 1. The largest absolute Gasteiger partial charge is 0.397 e. The Bertz CT molecular complexity index is 643. The van der Waals surface area contributed by atoms with Crippen molar-refractivity contribution in [1.29, 1.82) is 0 Å². The SMILES string of the molecule is CN(C)c1ccccc1NC(=O)c1cc(N)cnc1Cl. The molecule has 0 aliphatic rings. The monoisotopic (exact) mass is 290 g/mol. The number of nitrogens with zero attached hydrogens (tertiary/aromatic N) is 2. The maximum Gasteiger partial charge on any atom is 0.258 e. The summed E-state index contributed by atoms with van der Waals surface area (Å²) in [6.07, 6.45) is 1.41. The van der Waals surface area contributed by atoms with Gasteiger partial charge in [0.05, 0.1) is 28.8 Å². The summed E-state index contributed by atoms with van der Waals surface area (Å²) in [5.41, 5.74) is 7.86. The molecule has 0 radical (unpaired) electrons. The molecule has 2 rings (SSSR count). The molecule has 1 aromatic heterocycles. The fourth-order valence-corrected chi connectivity index (χ4v) is 1.97. The minimum Gasteiger partial charge on any atom is -0.397 e. The van der Waals surface area contributed by atoms with E-state index in [1.165, 1.54) is 12.3 Å². The van der Waals surface area contributed by atoms with Crippen LogP contribution in [0.25, 0.3) is 0 Å². The summed E-state index contributed by atoms with van der Waals surface area (Å²) in [5.74, 6) is -0.343. The molecule has 2 aromatic rings. The maximum absolute atomic E-state index is 12.3. The van der Waals surface area contributed by atoms with Crippen LogP contribution in [0.4, 0.5) is 17.1 Å². The smallest absolute Gasteiger partial charge is 0.258 e. The zero-order chi connectivity index (χ0) is 14.7. The van der Waals surface area contributed by atoms with Gasteiger partial charge in [-0.05, 0) is 18.2 Å². The minimum atomic E-state index is -0.343. The molecule has 5 nitrogen and oxygen atoms in total. The van der Waals surface area contributed by atoms with E-state index in [0.717, 1.165) is 5.69 Å². The Morgan fingerprint density at radius 1 is 1.35 bits per heavy atom. The van der Waals surface area contributed by atoms with E-state index in [1.807, 2.05) is 43.3 Å². The molecule has 0 atom stereocenters. The highest BCUT2D eigenvalue weighted by atomic mass is 35.5. The molecule has 3 N–H and O–H groups in total. The first-order valence-corrected chi connectivity index (χ1v) is 6.35. The standard InChI is InChI=1S/C14H15ClN4O/c1-19(2)12-6-4-3-5-11(12)18-14(20)10-7-9(16)8-17-13(10)15/h3-8H,16H2,1-2H3,(H,18,20). The lowest BCUT2D eigenvalue weighted by Crippen LogP contribution is -2.17. The Balaban J connectivity index is 2.31. The van der Waals surface area contributed by atoms with Gasteiger partial charge in [0.1, 0.15) is 5.15 Å². The molecule has 104 valence electrons. The summed E-state index contributed by atoms with van der Waals surface area (Å²) in [5, 5.41) is 2.94. The van der Waals surface area contributed by atoms with Crippen molar-refractivity contribution in [2.75, 3.05) is 30.0 Å². The normalized spacial score (nSPS) is 10.2. The van der Waals surface area contributed by atoms with E-state index in [-0.39, 0.29) is 16.6 Å². The maximum atomic E-state index is 12.3. The van der Waals surface area contributed by atoms with E-state index < -0.39 is 0 Å². The van der Waals surface area contributed by atoms with Gasteiger partial charge in [0.25, 0.3) is 5.91 Å². The summed E-state index contributed by atoms with van der Waals surface area (Å²) in [6.45, 7) is 0. The lowest BCUT2D eigenvalue weighted by Gasteiger charge is -2.17. The van der Waals surface area contributed by atoms with Crippen LogP contribution < -0.4 is 16.0 Å². The van der Waals surface area contributed by atoms with Gasteiger partial charge in [-0.15, -0.1) is 0 Å². The number of nitrogens with one attached hydrogen (secondary N) is 1. The van der Waals surface area contributed by atoms with Gasteiger partial charge in [-0.25, -0.2) is 4.98 Å². The van der Waals surface area contributed by atoms with Crippen LogP contribution in [0.3, 0.4) is 0 Å². The van der Waals surface area contributed by atoms with Crippen LogP contribution in [-0.4, -0.2) is 25.0 Å². The summed E-state index contributed by atoms with van der Waals surface area (Å²) in [7, 11) is 3.81. The number of halogens is 1. The molecule has 0 fully saturated rings. The third-order valence-corrected chi connectivity index (χ3v) is 3.04. The lowest BCUT2D eigenvalue weighted by atomic mass is 10.2. The minimum absolute atomic E-state index is 0.124. The zero-order valence-electron chi connectivity index (χ0n) is 11.2. The van der Waals surface area contributed by atoms with Crippen LogP contribution in [0.5, 0.6) is 0 Å². The highest BCUT2D eigenvalue weighted by Gasteiger charge is 2.14. The van der Waals surface area contributed by atoms with Gasteiger partial charge in [0, 0.05) is 14.1 Å². The van der Waals surface area contributed by atoms with E-state index >= 15 is 0 Å². The summed E-state index contributed by atoms with van der Waals surface area (Å²) in [4.78, 5) is 18.0. The van der Waals surface area contributed by atoms with Crippen molar-refractivity contribution in [3.8, 4) is 0 Å². The predicted octanol–water partition coefficient (Wildman–Crippen LogP) is 2.64. The number of para-hydroxylation sites is 2. The predicted molar refractivity (Wildman–Crippen MR) is 82.4 cm³/mol. The van der Waals surface area contributed by atoms with Crippen LogP contribution in [0.1, 0.15) is 10.4 Å². The van der Waals surface area contributed by atoms with Gasteiger partial charge in [0.15, 0.2) is 0 Å². The lowest BCUT2D eigenvalue weighted by molar-refractivity contribution is 0.102. The molecule has 6 heteroatoms. The third kappa shape index (κ3) is 3.00. The third-order valence-electron chi connectivity index (χ3n) is 2.74. The van der Waals surface area contributed by atoms with Crippen molar-refractivity contribution >= 4 is 34.6 Å². The second-order valence-electron chi connectivity index (χ2n) is 4.47. The Labute approximate surface area is 122 Å². The average molecular weight is 291 g/mol. The molecule has 20 heavy (non-hydrogen) atoms. The molecular weight excluding hydrogens is 276 g/mol. The number of carbonyl (C=O) groups excluding carboxylic acids is 1. The van der Waals surface area contributed by atoms with Crippen LogP contribution >= 0.6 is 11.6 Å². The quantitative estimate of drug-likeness (QED) is 0.853. The molecular formula is C14H15ClN4O. The Morgan fingerprint density at radius 3 is 2.75 bits per heavy atom. The van der Waals surface area contributed by atoms with Crippen molar-refractivity contribution in [2.45, 2.75) is 0 Å². The Morgan fingerprint density at radius 2 is 2.05 bits per heavy atom. The molecule has 1 heterocycles. The highest BCUT2D eigenvalue weighted by Crippen LogP contribution is 2.25. The summed E-state index contributed by atoms with van der Waals surface area (Å²) < 4.78 is 0. The summed E-state index contributed by atoms with van der Waals surface area (Å²) >= 11 is 5.92.